The number of alkyl halides is 6. The van der Waals surface area contributed by atoms with E-state index >= 15 is 0 Å². The summed E-state index contributed by atoms with van der Waals surface area (Å²) in [7, 11) is 0. The zero-order valence-electron chi connectivity index (χ0n) is 10.00. The molecule has 0 aliphatic carbocycles. The SMILES string of the molecule is CC(C)(C)c1ccc(C(F)(F)F)c(C(F)(F)F)c1. The predicted octanol–water partition coefficient (Wildman–Crippen LogP) is 5.02. The van der Waals surface area contributed by atoms with Crippen LogP contribution in [0.5, 0.6) is 0 Å². The first-order valence-electron chi connectivity index (χ1n) is 5.12. The molecule has 0 aromatic heterocycles. The highest BCUT2D eigenvalue weighted by Crippen LogP contribution is 2.41. The summed E-state index contributed by atoms with van der Waals surface area (Å²) < 4.78 is 75.5. The number of benzene rings is 1. The summed E-state index contributed by atoms with van der Waals surface area (Å²) in [4.78, 5) is 0. The minimum atomic E-state index is -5.02. The lowest BCUT2D eigenvalue weighted by molar-refractivity contribution is -0.162. The van der Waals surface area contributed by atoms with Gasteiger partial charge >= 0.3 is 12.4 Å². The Morgan fingerprint density at radius 3 is 1.50 bits per heavy atom. The second-order valence-electron chi connectivity index (χ2n) is 5.01. The van der Waals surface area contributed by atoms with Crippen molar-refractivity contribution in [2.24, 2.45) is 0 Å². The Labute approximate surface area is 101 Å². The number of halogens is 6. The second kappa shape index (κ2) is 4.17. The van der Waals surface area contributed by atoms with Crippen molar-refractivity contribution in [3.63, 3.8) is 0 Å². The minimum Gasteiger partial charge on any atom is -0.166 e. The van der Waals surface area contributed by atoms with Crippen LogP contribution in [-0.2, 0) is 17.8 Å². The van der Waals surface area contributed by atoms with E-state index in [1.165, 1.54) is 0 Å². The average Bonchev–Trinajstić information content (AvgIpc) is 2.12. The van der Waals surface area contributed by atoms with Crippen LogP contribution in [-0.4, -0.2) is 0 Å². The summed E-state index contributed by atoms with van der Waals surface area (Å²) in [5.74, 6) is 0. The molecule has 0 aliphatic rings. The summed E-state index contributed by atoms with van der Waals surface area (Å²) in [5.41, 5.74) is -3.72. The van der Waals surface area contributed by atoms with Crippen molar-refractivity contribution in [3.8, 4) is 0 Å². The van der Waals surface area contributed by atoms with Gasteiger partial charge in [-0.3, -0.25) is 0 Å². The van der Waals surface area contributed by atoms with Gasteiger partial charge in [0.25, 0.3) is 0 Å². The van der Waals surface area contributed by atoms with Gasteiger partial charge in [0.05, 0.1) is 11.1 Å². The van der Waals surface area contributed by atoms with Crippen LogP contribution >= 0.6 is 0 Å². The van der Waals surface area contributed by atoms with Crippen molar-refractivity contribution in [1.82, 2.24) is 0 Å². The van der Waals surface area contributed by atoms with E-state index in [9.17, 15) is 26.3 Å². The van der Waals surface area contributed by atoms with Crippen molar-refractivity contribution >= 4 is 0 Å². The topological polar surface area (TPSA) is 0 Å². The lowest BCUT2D eigenvalue weighted by Crippen LogP contribution is -2.19. The van der Waals surface area contributed by atoms with Gasteiger partial charge in [-0.2, -0.15) is 26.3 Å². The van der Waals surface area contributed by atoms with Crippen LogP contribution in [0.4, 0.5) is 26.3 Å². The van der Waals surface area contributed by atoms with Crippen LogP contribution < -0.4 is 0 Å². The van der Waals surface area contributed by atoms with E-state index in [1.54, 1.807) is 20.8 Å². The van der Waals surface area contributed by atoms with Crippen molar-refractivity contribution < 1.29 is 26.3 Å². The molecule has 1 rings (SSSR count). The molecule has 102 valence electrons. The summed E-state index contributed by atoms with van der Waals surface area (Å²) in [6, 6.07) is 2.14. The molecule has 0 unspecified atom stereocenters. The Morgan fingerprint density at radius 2 is 1.17 bits per heavy atom. The number of rotatable bonds is 0. The summed E-state index contributed by atoms with van der Waals surface area (Å²) in [6.45, 7) is 4.90. The van der Waals surface area contributed by atoms with Crippen molar-refractivity contribution in [3.05, 3.63) is 34.9 Å². The Balaban J connectivity index is 3.50. The maximum Gasteiger partial charge on any atom is 0.417 e. The fourth-order valence-electron chi connectivity index (χ4n) is 1.49. The van der Waals surface area contributed by atoms with E-state index in [-0.39, 0.29) is 5.56 Å². The van der Waals surface area contributed by atoms with E-state index in [0.29, 0.717) is 12.1 Å². The van der Waals surface area contributed by atoms with Gasteiger partial charge in [0.1, 0.15) is 0 Å². The fraction of sp³-hybridized carbons (Fsp3) is 0.500. The number of hydrogen-bond donors (Lipinski definition) is 0. The highest BCUT2D eigenvalue weighted by Gasteiger charge is 2.43. The zero-order chi connectivity index (χ0) is 14.4. The van der Waals surface area contributed by atoms with Crippen LogP contribution in [0.2, 0.25) is 0 Å². The normalized spacial score (nSPS) is 13.8. The molecule has 0 atom stereocenters. The van der Waals surface area contributed by atoms with Gasteiger partial charge in [-0.25, -0.2) is 0 Å². The molecule has 0 saturated carbocycles. The highest BCUT2D eigenvalue weighted by molar-refractivity contribution is 5.38. The maximum absolute atomic E-state index is 12.6. The van der Waals surface area contributed by atoms with E-state index in [0.717, 1.165) is 6.07 Å². The van der Waals surface area contributed by atoms with Gasteiger partial charge in [-0.05, 0) is 23.1 Å². The van der Waals surface area contributed by atoms with Crippen molar-refractivity contribution in [2.75, 3.05) is 0 Å². The quantitative estimate of drug-likeness (QED) is 0.580. The third-order valence-electron chi connectivity index (χ3n) is 2.50. The predicted molar refractivity (Wildman–Crippen MR) is 55.1 cm³/mol. The molecule has 0 amide bonds. The summed E-state index contributed by atoms with van der Waals surface area (Å²) in [5, 5.41) is 0. The molecular formula is C12H12F6. The van der Waals surface area contributed by atoms with E-state index in [4.69, 9.17) is 0 Å². The molecule has 0 radical (unpaired) electrons. The number of hydrogen-bond acceptors (Lipinski definition) is 0. The van der Waals surface area contributed by atoms with Crippen LogP contribution in [0.15, 0.2) is 18.2 Å². The third-order valence-corrected chi connectivity index (χ3v) is 2.50. The lowest BCUT2D eigenvalue weighted by Gasteiger charge is -2.23. The second-order valence-corrected chi connectivity index (χ2v) is 5.01. The summed E-state index contributed by atoms with van der Waals surface area (Å²) >= 11 is 0. The Hall–Kier alpha value is -1.20. The molecule has 0 aliphatic heterocycles. The van der Waals surface area contributed by atoms with Crippen molar-refractivity contribution in [2.45, 2.75) is 38.5 Å². The molecule has 0 saturated heterocycles. The van der Waals surface area contributed by atoms with Crippen LogP contribution in [0, 0.1) is 0 Å². The molecule has 0 spiro atoms. The van der Waals surface area contributed by atoms with E-state index < -0.39 is 28.9 Å². The molecular weight excluding hydrogens is 258 g/mol. The molecule has 0 N–H and O–H groups in total. The summed E-state index contributed by atoms with van der Waals surface area (Å²) in [6.07, 6.45) is -10.0. The molecule has 0 heterocycles. The van der Waals surface area contributed by atoms with E-state index in [1.807, 2.05) is 0 Å². The first-order valence-corrected chi connectivity index (χ1v) is 5.12. The fourth-order valence-corrected chi connectivity index (χ4v) is 1.49. The monoisotopic (exact) mass is 270 g/mol. The van der Waals surface area contributed by atoms with Gasteiger partial charge < -0.3 is 0 Å². The minimum absolute atomic E-state index is 0.211. The van der Waals surface area contributed by atoms with Gasteiger partial charge in [0, 0.05) is 0 Å². The molecule has 0 fully saturated rings. The highest BCUT2D eigenvalue weighted by atomic mass is 19.4. The van der Waals surface area contributed by atoms with Crippen LogP contribution in [0.25, 0.3) is 0 Å². The van der Waals surface area contributed by atoms with Gasteiger partial charge in [0.15, 0.2) is 0 Å². The standard InChI is InChI=1S/C12H12F6/c1-10(2,3)7-4-5-8(11(13,14)15)9(6-7)12(16,17)18/h4-6H,1-3H3. The Kier molecular flexibility index (Phi) is 3.44. The molecule has 0 nitrogen and oxygen atoms in total. The molecule has 1 aromatic rings. The van der Waals surface area contributed by atoms with Gasteiger partial charge in [-0.1, -0.05) is 26.8 Å². The first-order chi connectivity index (χ1) is 7.83. The molecule has 18 heavy (non-hydrogen) atoms. The van der Waals surface area contributed by atoms with E-state index in [2.05, 4.69) is 0 Å². The molecule has 0 bridgehead atoms. The Bertz CT molecular complexity index is 433. The zero-order valence-corrected chi connectivity index (χ0v) is 10.00. The lowest BCUT2D eigenvalue weighted by atomic mass is 9.85. The largest absolute Gasteiger partial charge is 0.417 e. The van der Waals surface area contributed by atoms with Gasteiger partial charge in [-0.15, -0.1) is 0 Å². The average molecular weight is 270 g/mol. The smallest absolute Gasteiger partial charge is 0.166 e. The van der Waals surface area contributed by atoms with Crippen LogP contribution in [0.1, 0.15) is 37.5 Å². The third kappa shape index (κ3) is 3.17. The Morgan fingerprint density at radius 1 is 0.722 bits per heavy atom. The van der Waals surface area contributed by atoms with Crippen LogP contribution in [0.3, 0.4) is 0 Å². The molecule has 1 aromatic carbocycles. The maximum atomic E-state index is 12.6. The van der Waals surface area contributed by atoms with Crippen molar-refractivity contribution in [1.29, 1.82) is 0 Å². The molecule has 6 heteroatoms. The first kappa shape index (κ1) is 14.9. The van der Waals surface area contributed by atoms with Gasteiger partial charge in [0.2, 0.25) is 0 Å².